The van der Waals surface area contributed by atoms with Crippen molar-refractivity contribution >= 4 is 22.7 Å². The number of esters is 1. The lowest BCUT2D eigenvalue weighted by atomic mass is 10.1. The summed E-state index contributed by atoms with van der Waals surface area (Å²) in [7, 11) is 1.36. The molecule has 2 heterocycles. The van der Waals surface area contributed by atoms with Crippen LogP contribution in [0.15, 0.2) is 73.2 Å². The van der Waals surface area contributed by atoms with Crippen molar-refractivity contribution in [3.63, 3.8) is 0 Å². The number of anilines is 1. The number of fused-ring (bicyclic) bond motifs is 1. The van der Waals surface area contributed by atoms with E-state index in [1.54, 1.807) is 12.1 Å². The molecule has 0 atom stereocenters. The topological polar surface area (TPSA) is 77.0 Å². The Kier molecular flexibility index (Phi) is 5.42. The van der Waals surface area contributed by atoms with E-state index in [1.165, 1.54) is 19.0 Å². The van der Waals surface area contributed by atoms with Gasteiger partial charge in [-0.3, -0.25) is 4.98 Å². The number of rotatable bonds is 6. The zero-order valence-electron chi connectivity index (χ0n) is 16.0. The minimum absolute atomic E-state index is 0.414. The second-order valence-corrected chi connectivity index (χ2v) is 6.59. The third-order valence-electron chi connectivity index (χ3n) is 4.63. The molecule has 0 fully saturated rings. The van der Waals surface area contributed by atoms with E-state index >= 15 is 0 Å². The molecule has 4 aromatic rings. The molecule has 6 nitrogen and oxygen atoms in total. The number of nitrogens with one attached hydrogen (secondary N) is 1. The first-order valence-corrected chi connectivity index (χ1v) is 9.28. The van der Waals surface area contributed by atoms with E-state index in [2.05, 4.69) is 38.5 Å². The number of hydrogen-bond donors (Lipinski definition) is 1. The normalized spacial score (nSPS) is 10.7. The van der Waals surface area contributed by atoms with Crippen molar-refractivity contribution in [3.8, 4) is 0 Å². The molecule has 29 heavy (non-hydrogen) atoms. The molecule has 1 N–H and O–H groups in total. The molecule has 4 rings (SSSR count). The minimum Gasteiger partial charge on any atom is -0.465 e. The monoisotopic (exact) mass is 384 g/mol. The SMILES string of the molecule is COC(=O)c1cccc2c(NCc3cccc(Cc4ccccn4)c3)ncnc12. The first-order chi connectivity index (χ1) is 14.2. The summed E-state index contributed by atoms with van der Waals surface area (Å²) < 4.78 is 4.85. The Morgan fingerprint density at radius 2 is 1.83 bits per heavy atom. The highest BCUT2D eigenvalue weighted by atomic mass is 16.5. The molecule has 0 spiro atoms. The van der Waals surface area contributed by atoms with Gasteiger partial charge in [0.1, 0.15) is 12.1 Å². The van der Waals surface area contributed by atoms with E-state index in [-0.39, 0.29) is 0 Å². The number of hydrogen-bond acceptors (Lipinski definition) is 6. The summed E-state index contributed by atoms with van der Waals surface area (Å²) in [6.45, 7) is 0.602. The maximum absolute atomic E-state index is 12.0. The summed E-state index contributed by atoms with van der Waals surface area (Å²) in [4.78, 5) is 25.0. The summed E-state index contributed by atoms with van der Waals surface area (Å²) >= 11 is 0. The predicted molar refractivity (Wildman–Crippen MR) is 112 cm³/mol. The number of aromatic nitrogens is 3. The first kappa shape index (κ1) is 18.6. The van der Waals surface area contributed by atoms with Crippen LogP contribution < -0.4 is 5.32 Å². The lowest BCUT2D eigenvalue weighted by Crippen LogP contribution is -2.06. The summed E-state index contributed by atoms with van der Waals surface area (Å²) in [5.41, 5.74) is 4.36. The van der Waals surface area contributed by atoms with Gasteiger partial charge in [-0.2, -0.15) is 0 Å². The predicted octanol–water partition coefficient (Wildman–Crippen LogP) is 4.01. The number of benzene rings is 2. The Morgan fingerprint density at radius 1 is 0.966 bits per heavy atom. The fraction of sp³-hybridized carbons (Fsp3) is 0.130. The summed E-state index contributed by atoms with van der Waals surface area (Å²) in [6.07, 6.45) is 4.05. The lowest BCUT2D eigenvalue weighted by molar-refractivity contribution is 0.0603. The lowest BCUT2D eigenvalue weighted by Gasteiger charge is -2.11. The van der Waals surface area contributed by atoms with E-state index in [9.17, 15) is 4.79 Å². The van der Waals surface area contributed by atoms with Crippen LogP contribution >= 0.6 is 0 Å². The number of para-hydroxylation sites is 1. The number of ether oxygens (including phenoxy) is 1. The van der Waals surface area contributed by atoms with E-state index in [0.29, 0.717) is 23.4 Å². The van der Waals surface area contributed by atoms with Gasteiger partial charge in [-0.1, -0.05) is 36.4 Å². The van der Waals surface area contributed by atoms with Crippen LogP contribution in [-0.4, -0.2) is 28.0 Å². The Morgan fingerprint density at radius 3 is 2.66 bits per heavy atom. The van der Waals surface area contributed by atoms with Gasteiger partial charge in [0.25, 0.3) is 0 Å². The molecular formula is C23H20N4O2. The van der Waals surface area contributed by atoms with Gasteiger partial charge in [0.05, 0.1) is 18.2 Å². The van der Waals surface area contributed by atoms with Crippen LogP contribution in [0.5, 0.6) is 0 Å². The fourth-order valence-electron chi connectivity index (χ4n) is 3.25. The van der Waals surface area contributed by atoms with Crippen LogP contribution in [0.25, 0.3) is 10.9 Å². The van der Waals surface area contributed by atoms with Gasteiger partial charge >= 0.3 is 5.97 Å². The van der Waals surface area contributed by atoms with Crippen LogP contribution in [0.3, 0.4) is 0 Å². The van der Waals surface area contributed by atoms with Crippen molar-refractivity contribution in [2.75, 3.05) is 12.4 Å². The molecule has 2 aromatic heterocycles. The molecule has 0 bridgehead atoms. The van der Waals surface area contributed by atoms with E-state index in [1.807, 2.05) is 36.5 Å². The van der Waals surface area contributed by atoms with Gasteiger partial charge in [0, 0.05) is 30.2 Å². The highest BCUT2D eigenvalue weighted by molar-refractivity contribution is 6.05. The van der Waals surface area contributed by atoms with Crippen molar-refractivity contribution in [1.29, 1.82) is 0 Å². The molecule has 0 aliphatic rings. The molecule has 0 saturated heterocycles. The molecule has 0 aliphatic carbocycles. The molecule has 0 radical (unpaired) electrons. The van der Waals surface area contributed by atoms with Gasteiger partial charge in [-0.05, 0) is 35.4 Å². The van der Waals surface area contributed by atoms with E-state index < -0.39 is 5.97 Å². The third kappa shape index (κ3) is 4.21. The maximum Gasteiger partial charge on any atom is 0.340 e. The molecule has 0 aliphatic heterocycles. The first-order valence-electron chi connectivity index (χ1n) is 9.28. The van der Waals surface area contributed by atoms with Crippen LogP contribution in [0, 0.1) is 0 Å². The quantitative estimate of drug-likeness (QED) is 0.506. The van der Waals surface area contributed by atoms with Crippen LogP contribution in [-0.2, 0) is 17.7 Å². The average molecular weight is 384 g/mol. The van der Waals surface area contributed by atoms with Crippen LogP contribution in [0.4, 0.5) is 5.82 Å². The molecule has 144 valence electrons. The standard InChI is InChI=1S/C23H20N4O2/c1-29-23(28)20-10-5-9-19-21(20)26-15-27-22(19)25-14-17-7-4-6-16(12-17)13-18-8-2-3-11-24-18/h2-12,15H,13-14H2,1H3,(H,25,26,27). The van der Waals surface area contributed by atoms with Crippen LogP contribution in [0.1, 0.15) is 27.2 Å². The van der Waals surface area contributed by atoms with Gasteiger partial charge in [-0.25, -0.2) is 14.8 Å². The van der Waals surface area contributed by atoms with Crippen molar-refractivity contribution in [1.82, 2.24) is 15.0 Å². The number of nitrogens with zero attached hydrogens (tertiary/aromatic N) is 3. The summed E-state index contributed by atoms with van der Waals surface area (Å²) in [5, 5.41) is 4.14. The van der Waals surface area contributed by atoms with Gasteiger partial charge < -0.3 is 10.1 Å². The van der Waals surface area contributed by atoms with Gasteiger partial charge in [0.15, 0.2) is 0 Å². The Bertz CT molecular complexity index is 1150. The zero-order chi connectivity index (χ0) is 20.1. The number of methoxy groups -OCH3 is 1. The van der Waals surface area contributed by atoms with Gasteiger partial charge in [0.2, 0.25) is 0 Å². The number of pyridine rings is 1. The molecule has 6 heteroatoms. The average Bonchev–Trinajstić information content (AvgIpc) is 2.77. The highest BCUT2D eigenvalue weighted by Gasteiger charge is 2.13. The number of carbonyl (C=O) groups is 1. The second-order valence-electron chi connectivity index (χ2n) is 6.59. The van der Waals surface area contributed by atoms with Crippen molar-refractivity contribution < 1.29 is 9.53 Å². The fourth-order valence-corrected chi connectivity index (χ4v) is 3.25. The molecular weight excluding hydrogens is 364 g/mol. The molecule has 0 unspecified atom stereocenters. The molecule has 2 aromatic carbocycles. The smallest absolute Gasteiger partial charge is 0.340 e. The van der Waals surface area contributed by atoms with Crippen molar-refractivity contribution in [2.24, 2.45) is 0 Å². The highest BCUT2D eigenvalue weighted by Crippen LogP contribution is 2.23. The minimum atomic E-state index is -0.414. The van der Waals surface area contributed by atoms with E-state index in [0.717, 1.165) is 23.1 Å². The Labute approximate surface area is 168 Å². The largest absolute Gasteiger partial charge is 0.465 e. The second kappa shape index (κ2) is 8.48. The Balaban J connectivity index is 1.54. The number of carbonyl (C=O) groups excluding carboxylic acids is 1. The van der Waals surface area contributed by atoms with Gasteiger partial charge in [-0.15, -0.1) is 0 Å². The third-order valence-corrected chi connectivity index (χ3v) is 4.63. The molecule has 0 saturated carbocycles. The summed E-state index contributed by atoms with van der Waals surface area (Å²) in [5.74, 6) is 0.262. The van der Waals surface area contributed by atoms with Crippen molar-refractivity contribution in [2.45, 2.75) is 13.0 Å². The van der Waals surface area contributed by atoms with Crippen molar-refractivity contribution in [3.05, 3.63) is 95.6 Å². The van der Waals surface area contributed by atoms with E-state index in [4.69, 9.17) is 4.74 Å². The van der Waals surface area contributed by atoms with Crippen LogP contribution in [0.2, 0.25) is 0 Å². The summed E-state index contributed by atoms with van der Waals surface area (Å²) in [6, 6.07) is 19.7. The molecule has 0 amide bonds. The zero-order valence-corrected chi connectivity index (χ0v) is 16.0. The Hall–Kier alpha value is -3.80. The maximum atomic E-state index is 12.0.